The number of nitrogens with zero attached hydrogens (tertiary/aromatic N) is 1. The number of carbonyl (C=O) groups is 1. The number of ether oxygens (including phenoxy) is 1. The third-order valence-corrected chi connectivity index (χ3v) is 5.86. The third-order valence-electron chi connectivity index (χ3n) is 5.11. The molecule has 0 radical (unpaired) electrons. The number of rotatable bonds is 5. The van der Waals surface area contributed by atoms with E-state index in [0.29, 0.717) is 36.0 Å². The van der Waals surface area contributed by atoms with Crippen molar-refractivity contribution in [3.05, 3.63) is 57.5 Å². The van der Waals surface area contributed by atoms with Crippen LogP contribution in [0.1, 0.15) is 43.7 Å². The number of H-pyrrole nitrogens is 1. The lowest BCUT2D eigenvalue weighted by Crippen LogP contribution is -2.38. The minimum atomic E-state index is -0.383. The molecule has 28 heavy (non-hydrogen) atoms. The Kier molecular flexibility index (Phi) is 5.26. The van der Waals surface area contributed by atoms with Gasteiger partial charge in [0.15, 0.2) is 5.16 Å². The van der Waals surface area contributed by atoms with Gasteiger partial charge in [-0.1, -0.05) is 36.9 Å². The molecule has 4 rings (SSSR count). The van der Waals surface area contributed by atoms with Crippen molar-refractivity contribution >= 4 is 23.4 Å². The van der Waals surface area contributed by atoms with Gasteiger partial charge in [-0.05, 0) is 36.8 Å². The van der Waals surface area contributed by atoms with E-state index in [-0.39, 0.29) is 23.2 Å². The van der Waals surface area contributed by atoms with Gasteiger partial charge in [-0.3, -0.25) is 9.59 Å². The maximum Gasteiger partial charge on any atom is 0.257 e. The van der Waals surface area contributed by atoms with Crippen molar-refractivity contribution in [2.24, 2.45) is 5.92 Å². The first kappa shape index (κ1) is 18.8. The maximum atomic E-state index is 13.0. The number of aromatic nitrogens is 2. The van der Waals surface area contributed by atoms with E-state index in [4.69, 9.17) is 4.74 Å². The second-order valence-electron chi connectivity index (χ2n) is 6.81. The Morgan fingerprint density at radius 2 is 1.96 bits per heavy atom. The summed E-state index contributed by atoms with van der Waals surface area (Å²) in [6.45, 7) is 4.54. The zero-order chi connectivity index (χ0) is 19.7. The summed E-state index contributed by atoms with van der Waals surface area (Å²) in [5, 5.41) is 3.86. The molecule has 0 amide bonds. The van der Waals surface area contributed by atoms with E-state index >= 15 is 0 Å². The number of nitrogens with one attached hydrogen (secondary N) is 2. The molecule has 2 aromatic rings. The zero-order valence-electron chi connectivity index (χ0n) is 16.0. The summed E-state index contributed by atoms with van der Waals surface area (Å²) < 4.78 is 5.54. The predicted molar refractivity (Wildman–Crippen MR) is 110 cm³/mol. The van der Waals surface area contributed by atoms with Gasteiger partial charge in [0.2, 0.25) is 0 Å². The van der Waals surface area contributed by atoms with Crippen molar-refractivity contribution in [3.8, 4) is 5.75 Å². The van der Waals surface area contributed by atoms with Crippen LogP contribution in [0.25, 0.3) is 0 Å². The van der Waals surface area contributed by atoms with Gasteiger partial charge >= 0.3 is 0 Å². The number of ketones is 1. The molecule has 2 heterocycles. The monoisotopic (exact) mass is 397 g/mol. The summed E-state index contributed by atoms with van der Waals surface area (Å²) >= 11 is 1.49. The van der Waals surface area contributed by atoms with Crippen LogP contribution in [-0.2, 0) is 4.79 Å². The van der Waals surface area contributed by atoms with Gasteiger partial charge < -0.3 is 15.0 Å². The van der Waals surface area contributed by atoms with Crippen molar-refractivity contribution in [2.75, 3.05) is 17.7 Å². The van der Waals surface area contributed by atoms with Gasteiger partial charge in [-0.2, -0.15) is 0 Å². The number of allylic oxidation sites excluding steroid dienone is 2. The molecule has 0 unspecified atom stereocenters. The molecule has 1 aromatic carbocycles. The van der Waals surface area contributed by atoms with Gasteiger partial charge in [0, 0.05) is 18.0 Å². The number of hydrogen-bond donors (Lipinski definition) is 2. The summed E-state index contributed by atoms with van der Waals surface area (Å²) in [5.74, 6) is 1.55. The molecule has 146 valence electrons. The normalized spacial score (nSPS) is 20.6. The van der Waals surface area contributed by atoms with Crippen molar-refractivity contribution in [1.82, 2.24) is 9.97 Å². The number of anilines is 1. The first-order chi connectivity index (χ1) is 13.6. The van der Waals surface area contributed by atoms with Crippen molar-refractivity contribution < 1.29 is 9.53 Å². The summed E-state index contributed by atoms with van der Waals surface area (Å²) in [6.07, 6.45) is 3.27. The second kappa shape index (κ2) is 7.83. The smallest absolute Gasteiger partial charge is 0.257 e. The van der Waals surface area contributed by atoms with E-state index in [1.54, 1.807) is 0 Å². The predicted octanol–water partition coefficient (Wildman–Crippen LogP) is 3.70. The van der Waals surface area contributed by atoms with E-state index in [1.165, 1.54) is 11.8 Å². The fourth-order valence-electron chi connectivity index (χ4n) is 3.97. The average Bonchev–Trinajstić information content (AvgIpc) is 2.68. The topological polar surface area (TPSA) is 84.1 Å². The minimum absolute atomic E-state index is 0.154. The molecule has 1 aromatic heterocycles. The first-order valence-corrected chi connectivity index (χ1v) is 10.6. The Bertz CT molecular complexity index is 981. The maximum absolute atomic E-state index is 13.0. The molecule has 0 saturated carbocycles. The highest BCUT2D eigenvalue weighted by Gasteiger charge is 2.42. The molecule has 2 atom stereocenters. The van der Waals surface area contributed by atoms with E-state index < -0.39 is 0 Å². The van der Waals surface area contributed by atoms with Gasteiger partial charge in [0.25, 0.3) is 5.56 Å². The Morgan fingerprint density at radius 1 is 1.18 bits per heavy atom. The number of carbonyl (C=O) groups excluding carboxylic acids is 1. The van der Waals surface area contributed by atoms with Crippen LogP contribution in [0.3, 0.4) is 0 Å². The van der Waals surface area contributed by atoms with Crippen molar-refractivity contribution in [2.45, 2.75) is 37.8 Å². The first-order valence-electron chi connectivity index (χ1n) is 9.62. The van der Waals surface area contributed by atoms with Crippen LogP contribution in [0.15, 0.2) is 46.0 Å². The summed E-state index contributed by atoms with van der Waals surface area (Å²) in [4.78, 5) is 33.3. The van der Waals surface area contributed by atoms with Crippen LogP contribution in [0.2, 0.25) is 0 Å². The SMILES string of the molecule is CCOc1ccc([C@@H]2c3c(nc(SCC)[nH]c3=O)NC3=CCCC(=O)[C@H]32)cc1. The quantitative estimate of drug-likeness (QED) is 0.591. The number of aromatic amines is 1. The minimum Gasteiger partial charge on any atom is -0.494 e. The molecule has 0 bridgehead atoms. The highest BCUT2D eigenvalue weighted by Crippen LogP contribution is 2.45. The van der Waals surface area contributed by atoms with Crippen LogP contribution in [0.5, 0.6) is 5.75 Å². The Labute approximate surface area is 167 Å². The van der Waals surface area contributed by atoms with E-state index in [2.05, 4.69) is 21.4 Å². The molecule has 0 fully saturated rings. The lowest BCUT2D eigenvalue weighted by Gasteiger charge is -2.36. The number of fused-ring (bicyclic) bond motifs is 2. The van der Waals surface area contributed by atoms with Gasteiger partial charge in [-0.15, -0.1) is 0 Å². The van der Waals surface area contributed by atoms with Crippen LogP contribution in [0.4, 0.5) is 5.82 Å². The van der Waals surface area contributed by atoms with Crippen molar-refractivity contribution in [1.29, 1.82) is 0 Å². The molecule has 2 aliphatic rings. The number of hydrogen-bond acceptors (Lipinski definition) is 6. The number of Topliss-reactive ketones (excluding diaryl/α,β-unsaturated/α-hetero) is 1. The van der Waals surface area contributed by atoms with E-state index in [9.17, 15) is 9.59 Å². The molecule has 0 spiro atoms. The summed E-state index contributed by atoms with van der Waals surface area (Å²) in [5.41, 5.74) is 2.11. The van der Waals surface area contributed by atoms with E-state index in [0.717, 1.165) is 22.8 Å². The second-order valence-corrected chi connectivity index (χ2v) is 8.07. The largest absolute Gasteiger partial charge is 0.494 e. The lowest BCUT2D eigenvalue weighted by molar-refractivity contribution is -0.122. The molecule has 2 N–H and O–H groups in total. The highest BCUT2D eigenvalue weighted by atomic mass is 32.2. The molecular formula is C21H23N3O3S. The van der Waals surface area contributed by atoms with Crippen LogP contribution >= 0.6 is 11.8 Å². The number of thioether (sulfide) groups is 1. The molecule has 6 nitrogen and oxygen atoms in total. The Balaban J connectivity index is 1.86. The highest BCUT2D eigenvalue weighted by molar-refractivity contribution is 7.99. The molecule has 7 heteroatoms. The van der Waals surface area contributed by atoms with E-state index in [1.807, 2.05) is 38.1 Å². The van der Waals surface area contributed by atoms with Gasteiger partial charge in [-0.25, -0.2) is 4.98 Å². The standard InChI is InChI=1S/C21H23N3O3S/c1-3-27-13-10-8-12(9-11-13)16-17-14(6-5-7-15(17)25)22-19-18(16)20(26)24-21(23-19)28-4-2/h6,8-11,16-17H,3-5,7H2,1-2H3,(H2,22,23,24,26)/t16-,17-/m0/s1. The molecule has 1 aliphatic heterocycles. The van der Waals surface area contributed by atoms with Crippen LogP contribution < -0.4 is 15.6 Å². The zero-order valence-corrected chi connectivity index (χ0v) is 16.8. The van der Waals surface area contributed by atoms with Crippen LogP contribution in [-0.4, -0.2) is 28.1 Å². The third kappa shape index (κ3) is 3.35. The fraction of sp³-hybridized carbons (Fsp3) is 0.381. The average molecular weight is 398 g/mol. The van der Waals surface area contributed by atoms with Gasteiger partial charge in [0.1, 0.15) is 17.4 Å². The molecule has 1 aliphatic carbocycles. The van der Waals surface area contributed by atoms with Crippen molar-refractivity contribution in [3.63, 3.8) is 0 Å². The fourth-order valence-corrected chi connectivity index (χ4v) is 4.57. The molecular weight excluding hydrogens is 374 g/mol. The molecule has 0 saturated heterocycles. The lowest BCUT2D eigenvalue weighted by atomic mass is 9.72. The summed E-state index contributed by atoms with van der Waals surface area (Å²) in [7, 11) is 0. The van der Waals surface area contributed by atoms with Gasteiger partial charge in [0.05, 0.1) is 18.1 Å². The Morgan fingerprint density at radius 3 is 2.68 bits per heavy atom. The number of benzene rings is 1. The Hall–Kier alpha value is -2.54. The summed E-state index contributed by atoms with van der Waals surface area (Å²) in [6, 6.07) is 7.66. The van der Waals surface area contributed by atoms with Crippen LogP contribution in [0, 0.1) is 5.92 Å².